The van der Waals surface area contributed by atoms with Crippen molar-refractivity contribution in [3.8, 4) is 0 Å². The van der Waals surface area contributed by atoms with Crippen molar-refractivity contribution in [3.63, 3.8) is 0 Å². The summed E-state index contributed by atoms with van der Waals surface area (Å²) in [5, 5.41) is 9.86. The van der Waals surface area contributed by atoms with Crippen LogP contribution in [0.1, 0.15) is 5.69 Å². The number of carboxylic acid groups (broad SMARTS) is 1. The van der Waals surface area contributed by atoms with E-state index in [1.807, 2.05) is 30.3 Å². The molecule has 19 heavy (non-hydrogen) atoms. The van der Waals surface area contributed by atoms with Crippen LogP contribution in [0.5, 0.6) is 0 Å². The van der Waals surface area contributed by atoms with Crippen LogP contribution in [0.15, 0.2) is 41.3 Å². The van der Waals surface area contributed by atoms with E-state index in [0.717, 1.165) is 10.9 Å². The quantitative estimate of drug-likeness (QED) is 0.754. The fraction of sp³-hybridized carbons (Fsp3) is 0.143. The van der Waals surface area contributed by atoms with Crippen molar-refractivity contribution in [2.45, 2.75) is 6.42 Å². The van der Waals surface area contributed by atoms with Gasteiger partial charge in [0.15, 0.2) is 0 Å². The fourth-order valence-corrected chi connectivity index (χ4v) is 2.34. The Kier molecular flexibility index (Phi) is 2.41. The Morgan fingerprint density at radius 2 is 2.00 bits per heavy atom. The normalized spacial score (nSPS) is 11.2. The molecule has 2 aromatic heterocycles. The SMILES string of the molecule is Cn1c(CC(=O)O)cn2c(cc3ccccc32)c1=O. The molecule has 1 aromatic carbocycles. The summed E-state index contributed by atoms with van der Waals surface area (Å²) in [6.45, 7) is 0. The van der Waals surface area contributed by atoms with Gasteiger partial charge in [0.05, 0.1) is 11.9 Å². The molecule has 0 spiro atoms. The standard InChI is InChI=1S/C14H12N2O3/c1-15-10(7-13(17)18)8-16-11-5-3-2-4-9(11)6-12(16)14(15)19/h2-6,8H,7H2,1H3,(H,17,18). The summed E-state index contributed by atoms with van der Waals surface area (Å²) in [5.41, 5.74) is 1.75. The predicted molar refractivity (Wildman–Crippen MR) is 71.5 cm³/mol. The first-order chi connectivity index (χ1) is 9.08. The summed E-state index contributed by atoms with van der Waals surface area (Å²) < 4.78 is 3.15. The Balaban J connectivity index is 2.43. The van der Waals surface area contributed by atoms with Gasteiger partial charge < -0.3 is 14.1 Å². The monoisotopic (exact) mass is 256 g/mol. The molecule has 0 saturated heterocycles. The number of carbonyl (C=O) groups is 1. The summed E-state index contributed by atoms with van der Waals surface area (Å²) in [6.07, 6.45) is 1.54. The van der Waals surface area contributed by atoms with Crippen molar-refractivity contribution in [1.29, 1.82) is 0 Å². The first-order valence-electron chi connectivity index (χ1n) is 5.88. The maximum atomic E-state index is 12.2. The lowest BCUT2D eigenvalue weighted by Gasteiger charge is -2.07. The minimum Gasteiger partial charge on any atom is -0.481 e. The van der Waals surface area contributed by atoms with Gasteiger partial charge in [-0.05, 0) is 12.1 Å². The molecule has 3 aromatic rings. The van der Waals surface area contributed by atoms with Crippen molar-refractivity contribution >= 4 is 22.4 Å². The molecule has 0 unspecified atom stereocenters. The Morgan fingerprint density at radius 3 is 2.74 bits per heavy atom. The molecule has 3 rings (SSSR count). The molecular formula is C14H12N2O3. The topological polar surface area (TPSA) is 63.7 Å². The Labute approximate surface area is 108 Å². The molecule has 0 aliphatic rings. The third-order valence-electron chi connectivity index (χ3n) is 3.31. The first kappa shape index (κ1) is 11.5. The van der Waals surface area contributed by atoms with Gasteiger partial charge in [-0.3, -0.25) is 9.59 Å². The average Bonchev–Trinajstić information content (AvgIpc) is 2.74. The van der Waals surface area contributed by atoms with E-state index in [9.17, 15) is 9.59 Å². The minimum absolute atomic E-state index is 0.172. The molecule has 0 radical (unpaired) electrons. The Bertz CT molecular complexity index is 858. The van der Waals surface area contributed by atoms with Gasteiger partial charge in [-0.2, -0.15) is 0 Å². The lowest BCUT2D eigenvalue weighted by Crippen LogP contribution is -2.23. The van der Waals surface area contributed by atoms with Crippen LogP contribution in [-0.2, 0) is 18.3 Å². The Hall–Kier alpha value is -2.56. The van der Waals surface area contributed by atoms with E-state index in [1.54, 1.807) is 17.6 Å². The second-order valence-corrected chi connectivity index (χ2v) is 4.51. The van der Waals surface area contributed by atoms with Gasteiger partial charge in [0, 0.05) is 24.3 Å². The maximum Gasteiger partial charge on any atom is 0.309 e. The number of hydrogen-bond acceptors (Lipinski definition) is 2. The van der Waals surface area contributed by atoms with Crippen molar-refractivity contribution in [1.82, 2.24) is 8.97 Å². The Morgan fingerprint density at radius 1 is 1.26 bits per heavy atom. The first-order valence-corrected chi connectivity index (χ1v) is 5.88. The molecule has 96 valence electrons. The van der Waals surface area contributed by atoms with Crippen LogP contribution in [-0.4, -0.2) is 20.0 Å². The van der Waals surface area contributed by atoms with Gasteiger partial charge in [-0.15, -0.1) is 0 Å². The van der Waals surface area contributed by atoms with Crippen LogP contribution >= 0.6 is 0 Å². The number of hydrogen-bond donors (Lipinski definition) is 1. The van der Waals surface area contributed by atoms with Gasteiger partial charge in [0.1, 0.15) is 5.52 Å². The lowest BCUT2D eigenvalue weighted by atomic mass is 10.2. The van der Waals surface area contributed by atoms with E-state index < -0.39 is 5.97 Å². The molecule has 1 N–H and O–H groups in total. The second-order valence-electron chi connectivity index (χ2n) is 4.51. The van der Waals surface area contributed by atoms with E-state index >= 15 is 0 Å². The number of aromatic nitrogens is 2. The van der Waals surface area contributed by atoms with Crippen molar-refractivity contribution in [2.24, 2.45) is 7.05 Å². The third kappa shape index (κ3) is 1.71. The molecule has 0 fully saturated rings. The zero-order valence-electron chi connectivity index (χ0n) is 10.3. The largest absolute Gasteiger partial charge is 0.481 e. The van der Waals surface area contributed by atoms with E-state index in [-0.39, 0.29) is 12.0 Å². The van der Waals surface area contributed by atoms with Gasteiger partial charge in [0.25, 0.3) is 5.56 Å². The van der Waals surface area contributed by atoms with Crippen LogP contribution in [0.25, 0.3) is 16.4 Å². The zero-order chi connectivity index (χ0) is 13.6. The molecule has 0 bridgehead atoms. The number of fused-ring (bicyclic) bond motifs is 3. The molecule has 0 amide bonds. The summed E-state index contributed by atoms with van der Waals surface area (Å²) in [6, 6.07) is 9.46. The number of nitrogens with zero attached hydrogens (tertiary/aromatic N) is 2. The van der Waals surface area contributed by atoms with E-state index in [4.69, 9.17) is 5.11 Å². The highest BCUT2D eigenvalue weighted by molar-refractivity contribution is 5.87. The smallest absolute Gasteiger partial charge is 0.309 e. The van der Waals surface area contributed by atoms with Crippen LogP contribution in [0, 0.1) is 0 Å². The average molecular weight is 256 g/mol. The molecule has 2 heterocycles. The number of carboxylic acids is 1. The predicted octanol–water partition coefficient (Wildman–Crippen LogP) is 1.42. The maximum absolute atomic E-state index is 12.2. The van der Waals surface area contributed by atoms with Gasteiger partial charge in [0.2, 0.25) is 0 Å². The molecular weight excluding hydrogens is 244 g/mol. The molecule has 0 aliphatic carbocycles. The van der Waals surface area contributed by atoms with Crippen molar-refractivity contribution in [3.05, 3.63) is 52.6 Å². The van der Waals surface area contributed by atoms with Crippen molar-refractivity contribution in [2.75, 3.05) is 0 Å². The van der Waals surface area contributed by atoms with Crippen LogP contribution in [0.3, 0.4) is 0 Å². The highest BCUT2D eigenvalue weighted by Crippen LogP contribution is 2.18. The minimum atomic E-state index is -0.953. The highest BCUT2D eigenvalue weighted by atomic mass is 16.4. The van der Waals surface area contributed by atoms with Gasteiger partial charge >= 0.3 is 5.97 Å². The number of aliphatic carboxylic acids is 1. The van der Waals surface area contributed by atoms with Crippen molar-refractivity contribution < 1.29 is 9.90 Å². The van der Waals surface area contributed by atoms with E-state index in [1.165, 1.54) is 4.57 Å². The number of rotatable bonds is 2. The van der Waals surface area contributed by atoms with E-state index in [2.05, 4.69) is 0 Å². The van der Waals surface area contributed by atoms with Gasteiger partial charge in [-0.25, -0.2) is 0 Å². The summed E-state index contributed by atoms with van der Waals surface area (Å²) >= 11 is 0. The molecule has 0 atom stereocenters. The number of para-hydroxylation sites is 1. The summed E-state index contributed by atoms with van der Waals surface area (Å²) in [7, 11) is 1.60. The molecule has 0 aliphatic heterocycles. The zero-order valence-corrected chi connectivity index (χ0v) is 10.3. The lowest BCUT2D eigenvalue weighted by molar-refractivity contribution is -0.136. The van der Waals surface area contributed by atoms with Crippen LogP contribution < -0.4 is 5.56 Å². The molecule has 5 nitrogen and oxygen atoms in total. The van der Waals surface area contributed by atoms with E-state index in [0.29, 0.717) is 11.2 Å². The third-order valence-corrected chi connectivity index (χ3v) is 3.31. The molecule has 0 saturated carbocycles. The van der Waals surface area contributed by atoms with Crippen LogP contribution in [0.4, 0.5) is 0 Å². The van der Waals surface area contributed by atoms with Crippen LogP contribution in [0.2, 0.25) is 0 Å². The summed E-state index contributed by atoms with van der Waals surface area (Å²) in [4.78, 5) is 23.1. The van der Waals surface area contributed by atoms with Gasteiger partial charge in [-0.1, -0.05) is 18.2 Å². The fourth-order valence-electron chi connectivity index (χ4n) is 2.34. The highest BCUT2D eigenvalue weighted by Gasteiger charge is 2.12. The summed E-state index contributed by atoms with van der Waals surface area (Å²) in [5.74, 6) is -0.953. The number of benzene rings is 1. The second kappa shape index (κ2) is 3.98. The molecule has 5 heteroatoms.